The van der Waals surface area contributed by atoms with Gasteiger partial charge in [0.15, 0.2) is 5.96 Å². The second-order valence-corrected chi connectivity index (χ2v) is 6.72. The van der Waals surface area contributed by atoms with Crippen LogP contribution in [0.15, 0.2) is 39.8 Å². The van der Waals surface area contributed by atoms with Crippen LogP contribution in [0, 0.1) is 13.8 Å². The molecule has 27 heavy (non-hydrogen) atoms. The van der Waals surface area contributed by atoms with Gasteiger partial charge in [-0.05, 0) is 45.7 Å². The van der Waals surface area contributed by atoms with Crippen LogP contribution in [-0.2, 0) is 6.42 Å². The molecule has 1 saturated heterocycles. The highest BCUT2D eigenvalue weighted by Crippen LogP contribution is 2.19. The summed E-state index contributed by atoms with van der Waals surface area (Å²) in [7, 11) is 0. The summed E-state index contributed by atoms with van der Waals surface area (Å²) in [5.41, 5.74) is 3.42. The summed E-state index contributed by atoms with van der Waals surface area (Å²) in [4.78, 5) is 7.16. The Morgan fingerprint density at radius 2 is 2.07 bits per heavy atom. The standard InChI is InChI=1S/C20H29N5O.HI/c1-4-21-20(22-12-10-19-15(2)24-26-16(19)3)23-17-11-13-25(14-17)18-8-6-5-7-9-18;/h5-9,17H,4,10-14H2,1-3H3,(H2,21,22,23);1H. The number of aliphatic imine (C=N–C) groups is 1. The molecule has 2 aromatic rings. The molecule has 0 aliphatic carbocycles. The van der Waals surface area contributed by atoms with E-state index >= 15 is 0 Å². The smallest absolute Gasteiger partial charge is 0.191 e. The summed E-state index contributed by atoms with van der Waals surface area (Å²) in [6.45, 7) is 9.67. The number of anilines is 1. The first-order valence-corrected chi connectivity index (χ1v) is 9.44. The summed E-state index contributed by atoms with van der Waals surface area (Å²) < 4.78 is 5.23. The fourth-order valence-corrected chi connectivity index (χ4v) is 3.40. The predicted octanol–water partition coefficient (Wildman–Crippen LogP) is 3.29. The van der Waals surface area contributed by atoms with Gasteiger partial charge in [0, 0.05) is 43.5 Å². The first-order chi connectivity index (χ1) is 12.7. The fourth-order valence-electron chi connectivity index (χ4n) is 3.40. The number of nitrogens with one attached hydrogen (secondary N) is 2. The minimum Gasteiger partial charge on any atom is -0.369 e. The van der Waals surface area contributed by atoms with Crippen LogP contribution in [-0.4, -0.2) is 43.3 Å². The maximum absolute atomic E-state index is 5.23. The number of para-hydroxylation sites is 1. The topological polar surface area (TPSA) is 65.7 Å². The molecule has 0 spiro atoms. The summed E-state index contributed by atoms with van der Waals surface area (Å²) >= 11 is 0. The van der Waals surface area contributed by atoms with Crippen molar-refractivity contribution in [2.75, 3.05) is 31.1 Å². The molecule has 1 aliphatic rings. The van der Waals surface area contributed by atoms with Gasteiger partial charge in [0.05, 0.1) is 5.69 Å². The molecular formula is C20H30IN5O. The lowest BCUT2D eigenvalue weighted by Gasteiger charge is -2.20. The molecule has 1 aromatic heterocycles. The van der Waals surface area contributed by atoms with Gasteiger partial charge < -0.3 is 20.1 Å². The van der Waals surface area contributed by atoms with Gasteiger partial charge in [0.1, 0.15) is 5.76 Å². The molecule has 1 aliphatic heterocycles. The third-order valence-electron chi connectivity index (χ3n) is 4.81. The number of hydrogen-bond acceptors (Lipinski definition) is 4. The van der Waals surface area contributed by atoms with Crippen LogP contribution in [0.1, 0.15) is 30.4 Å². The van der Waals surface area contributed by atoms with Gasteiger partial charge in [-0.1, -0.05) is 23.4 Å². The molecule has 1 aromatic carbocycles. The fraction of sp³-hybridized carbons (Fsp3) is 0.500. The molecule has 1 atom stereocenters. The van der Waals surface area contributed by atoms with Crippen molar-refractivity contribution in [3.8, 4) is 0 Å². The molecule has 7 heteroatoms. The Labute approximate surface area is 178 Å². The maximum Gasteiger partial charge on any atom is 0.191 e. The Kier molecular flexibility index (Phi) is 8.40. The van der Waals surface area contributed by atoms with Crippen molar-refractivity contribution in [1.29, 1.82) is 0 Å². The Morgan fingerprint density at radius 1 is 1.30 bits per heavy atom. The van der Waals surface area contributed by atoms with Crippen molar-refractivity contribution < 1.29 is 4.52 Å². The summed E-state index contributed by atoms with van der Waals surface area (Å²) in [6.07, 6.45) is 1.96. The molecule has 3 rings (SSSR count). The summed E-state index contributed by atoms with van der Waals surface area (Å²) in [5, 5.41) is 10.9. The van der Waals surface area contributed by atoms with Gasteiger partial charge in [-0.15, -0.1) is 24.0 Å². The van der Waals surface area contributed by atoms with E-state index in [0.717, 1.165) is 49.9 Å². The van der Waals surface area contributed by atoms with Gasteiger partial charge in [-0.2, -0.15) is 0 Å². The monoisotopic (exact) mass is 483 g/mol. The summed E-state index contributed by atoms with van der Waals surface area (Å²) in [5.74, 6) is 1.78. The first-order valence-electron chi connectivity index (χ1n) is 9.44. The average Bonchev–Trinajstić information content (AvgIpc) is 3.24. The van der Waals surface area contributed by atoms with Gasteiger partial charge in [0.25, 0.3) is 0 Å². The molecule has 148 valence electrons. The van der Waals surface area contributed by atoms with Crippen LogP contribution < -0.4 is 15.5 Å². The molecule has 0 bridgehead atoms. The van der Waals surface area contributed by atoms with E-state index in [1.54, 1.807) is 0 Å². The zero-order valence-electron chi connectivity index (χ0n) is 16.4. The van der Waals surface area contributed by atoms with E-state index in [2.05, 4.69) is 57.9 Å². The van der Waals surface area contributed by atoms with E-state index in [1.807, 2.05) is 13.8 Å². The second-order valence-electron chi connectivity index (χ2n) is 6.72. The zero-order chi connectivity index (χ0) is 18.4. The Balaban J connectivity index is 0.00000261. The lowest BCUT2D eigenvalue weighted by atomic mass is 10.1. The van der Waals surface area contributed by atoms with Crippen LogP contribution in [0.5, 0.6) is 0 Å². The SMILES string of the molecule is CCNC(=NCCc1c(C)noc1C)NC1CCN(c2ccccc2)C1.I. The molecule has 0 amide bonds. The van der Waals surface area contributed by atoms with Crippen LogP contribution in [0.2, 0.25) is 0 Å². The van der Waals surface area contributed by atoms with Crippen LogP contribution in [0.3, 0.4) is 0 Å². The quantitative estimate of drug-likeness (QED) is 0.375. The highest BCUT2D eigenvalue weighted by molar-refractivity contribution is 14.0. The van der Waals surface area contributed by atoms with Gasteiger partial charge in [0.2, 0.25) is 0 Å². The largest absolute Gasteiger partial charge is 0.369 e. The van der Waals surface area contributed by atoms with Gasteiger partial charge in [-0.3, -0.25) is 4.99 Å². The normalized spacial score (nSPS) is 16.9. The number of guanidine groups is 1. The van der Waals surface area contributed by atoms with Gasteiger partial charge in [-0.25, -0.2) is 0 Å². The van der Waals surface area contributed by atoms with Gasteiger partial charge >= 0.3 is 0 Å². The summed E-state index contributed by atoms with van der Waals surface area (Å²) in [6, 6.07) is 11.0. The van der Waals surface area contributed by atoms with Crippen LogP contribution >= 0.6 is 24.0 Å². The number of nitrogens with zero attached hydrogens (tertiary/aromatic N) is 3. The number of benzene rings is 1. The van der Waals surface area contributed by atoms with Crippen molar-refractivity contribution in [2.24, 2.45) is 4.99 Å². The lowest BCUT2D eigenvalue weighted by Crippen LogP contribution is -2.44. The Hall–Kier alpha value is -1.77. The third kappa shape index (κ3) is 5.85. The lowest BCUT2D eigenvalue weighted by molar-refractivity contribution is 0.392. The second kappa shape index (κ2) is 10.5. The van der Waals surface area contributed by atoms with Crippen molar-refractivity contribution in [2.45, 2.75) is 39.7 Å². The number of hydrogen-bond donors (Lipinski definition) is 2. The molecule has 1 fully saturated rings. The predicted molar refractivity (Wildman–Crippen MR) is 121 cm³/mol. The number of halogens is 1. The van der Waals surface area contributed by atoms with E-state index < -0.39 is 0 Å². The minimum absolute atomic E-state index is 0. The van der Waals surface area contributed by atoms with E-state index in [4.69, 9.17) is 9.52 Å². The van der Waals surface area contributed by atoms with Crippen molar-refractivity contribution in [3.05, 3.63) is 47.3 Å². The molecule has 0 saturated carbocycles. The van der Waals surface area contributed by atoms with Crippen LogP contribution in [0.25, 0.3) is 0 Å². The molecule has 2 N–H and O–H groups in total. The molecule has 2 heterocycles. The van der Waals surface area contributed by atoms with Crippen molar-refractivity contribution in [3.63, 3.8) is 0 Å². The number of aromatic nitrogens is 1. The Morgan fingerprint density at radius 3 is 2.74 bits per heavy atom. The minimum atomic E-state index is 0. The maximum atomic E-state index is 5.23. The molecule has 6 nitrogen and oxygen atoms in total. The average molecular weight is 483 g/mol. The van der Waals surface area contributed by atoms with E-state index in [9.17, 15) is 0 Å². The number of aryl methyl sites for hydroxylation is 2. The number of rotatable bonds is 6. The third-order valence-corrected chi connectivity index (χ3v) is 4.81. The Bertz CT molecular complexity index is 712. The van der Waals surface area contributed by atoms with Crippen molar-refractivity contribution >= 4 is 35.6 Å². The van der Waals surface area contributed by atoms with Crippen LogP contribution in [0.4, 0.5) is 5.69 Å². The van der Waals surface area contributed by atoms with E-state index in [0.29, 0.717) is 12.6 Å². The highest BCUT2D eigenvalue weighted by Gasteiger charge is 2.23. The zero-order valence-corrected chi connectivity index (χ0v) is 18.7. The van der Waals surface area contributed by atoms with Crippen molar-refractivity contribution in [1.82, 2.24) is 15.8 Å². The first kappa shape index (κ1) is 21.5. The molecular weight excluding hydrogens is 453 g/mol. The van der Waals surface area contributed by atoms with E-state index in [1.165, 1.54) is 11.3 Å². The van der Waals surface area contributed by atoms with E-state index in [-0.39, 0.29) is 24.0 Å². The molecule has 1 unspecified atom stereocenters. The highest BCUT2D eigenvalue weighted by atomic mass is 127. The molecule has 0 radical (unpaired) electrons.